The van der Waals surface area contributed by atoms with Gasteiger partial charge in [-0.2, -0.15) is 0 Å². The minimum atomic E-state index is 0.205. The summed E-state index contributed by atoms with van der Waals surface area (Å²) >= 11 is 0. The second-order valence-corrected chi connectivity index (χ2v) is 5.89. The highest BCUT2D eigenvalue weighted by molar-refractivity contribution is 5.41. The maximum absolute atomic E-state index is 9.59. The number of ether oxygens (including phenoxy) is 1. The summed E-state index contributed by atoms with van der Waals surface area (Å²) in [7, 11) is 1.58. The normalized spacial score (nSPS) is 22.7. The van der Waals surface area contributed by atoms with Crippen LogP contribution in [0.2, 0.25) is 0 Å². The van der Waals surface area contributed by atoms with Gasteiger partial charge in [-0.1, -0.05) is 25.8 Å². The van der Waals surface area contributed by atoms with Crippen LogP contribution in [-0.2, 0) is 6.54 Å². The molecule has 1 aromatic rings. The van der Waals surface area contributed by atoms with E-state index in [0.717, 1.165) is 18.0 Å². The number of benzene rings is 1. The monoisotopic (exact) mass is 277 g/mol. The van der Waals surface area contributed by atoms with E-state index >= 15 is 0 Å². The molecule has 2 N–H and O–H groups in total. The van der Waals surface area contributed by atoms with Gasteiger partial charge in [0.1, 0.15) is 0 Å². The second kappa shape index (κ2) is 7.53. The summed E-state index contributed by atoms with van der Waals surface area (Å²) in [5.74, 6) is 1.71. The van der Waals surface area contributed by atoms with Crippen LogP contribution in [0.5, 0.6) is 11.5 Å². The van der Waals surface area contributed by atoms with Gasteiger partial charge >= 0.3 is 0 Å². The average Bonchev–Trinajstić information content (AvgIpc) is 2.48. The molecule has 1 aliphatic carbocycles. The smallest absolute Gasteiger partial charge is 0.160 e. The first-order valence-corrected chi connectivity index (χ1v) is 7.82. The van der Waals surface area contributed by atoms with E-state index in [1.54, 1.807) is 13.2 Å². The fourth-order valence-electron chi connectivity index (χ4n) is 3.16. The second-order valence-electron chi connectivity index (χ2n) is 5.89. The SMILES string of the molecule is CCCC1CCC(NCc2ccc(O)c(OC)c2)CC1. The molecule has 0 saturated heterocycles. The lowest BCUT2D eigenvalue weighted by Gasteiger charge is -2.29. The topological polar surface area (TPSA) is 41.5 Å². The highest BCUT2D eigenvalue weighted by Gasteiger charge is 2.20. The van der Waals surface area contributed by atoms with Crippen LogP contribution in [0.3, 0.4) is 0 Å². The van der Waals surface area contributed by atoms with Crippen molar-refractivity contribution in [3.63, 3.8) is 0 Å². The van der Waals surface area contributed by atoms with Crippen molar-refractivity contribution in [2.45, 2.75) is 58.0 Å². The third-order valence-electron chi connectivity index (χ3n) is 4.38. The van der Waals surface area contributed by atoms with Crippen LogP contribution in [0.15, 0.2) is 18.2 Å². The number of aromatic hydroxyl groups is 1. The van der Waals surface area contributed by atoms with E-state index in [1.807, 2.05) is 12.1 Å². The van der Waals surface area contributed by atoms with Gasteiger partial charge in [-0.05, 0) is 49.3 Å². The maximum atomic E-state index is 9.59. The third-order valence-corrected chi connectivity index (χ3v) is 4.38. The Morgan fingerprint density at radius 2 is 2.00 bits per heavy atom. The summed E-state index contributed by atoms with van der Waals surface area (Å²) in [6.07, 6.45) is 8.02. The Kier molecular flexibility index (Phi) is 5.72. The lowest BCUT2D eigenvalue weighted by Crippen LogP contribution is -2.32. The number of methoxy groups -OCH3 is 1. The Morgan fingerprint density at radius 3 is 2.65 bits per heavy atom. The van der Waals surface area contributed by atoms with Crippen molar-refractivity contribution in [3.05, 3.63) is 23.8 Å². The highest BCUT2D eigenvalue weighted by Crippen LogP contribution is 2.29. The molecule has 0 unspecified atom stereocenters. The number of hydrogen-bond donors (Lipinski definition) is 2. The predicted molar refractivity (Wildman–Crippen MR) is 82.2 cm³/mol. The van der Waals surface area contributed by atoms with E-state index in [1.165, 1.54) is 38.5 Å². The van der Waals surface area contributed by atoms with Gasteiger partial charge in [-0.25, -0.2) is 0 Å². The zero-order chi connectivity index (χ0) is 14.4. The van der Waals surface area contributed by atoms with Crippen LogP contribution in [0.25, 0.3) is 0 Å². The van der Waals surface area contributed by atoms with Crippen LogP contribution in [-0.4, -0.2) is 18.3 Å². The van der Waals surface area contributed by atoms with Crippen LogP contribution in [0, 0.1) is 5.92 Å². The molecule has 1 saturated carbocycles. The molecule has 0 heterocycles. The van der Waals surface area contributed by atoms with Crippen molar-refractivity contribution in [2.24, 2.45) is 5.92 Å². The van der Waals surface area contributed by atoms with Gasteiger partial charge in [-0.3, -0.25) is 0 Å². The molecule has 1 aliphatic rings. The standard InChI is InChI=1S/C17H27NO2/c1-3-4-13-5-8-15(9-6-13)18-12-14-7-10-16(19)17(11-14)20-2/h7,10-11,13,15,18-19H,3-6,8-9,12H2,1-2H3. The van der Waals surface area contributed by atoms with Crippen LogP contribution in [0.4, 0.5) is 0 Å². The van der Waals surface area contributed by atoms with Crippen LogP contribution < -0.4 is 10.1 Å². The van der Waals surface area contributed by atoms with Crippen molar-refractivity contribution in [2.75, 3.05) is 7.11 Å². The molecule has 20 heavy (non-hydrogen) atoms. The molecule has 3 heteroatoms. The van der Waals surface area contributed by atoms with E-state index in [2.05, 4.69) is 12.2 Å². The van der Waals surface area contributed by atoms with Gasteiger partial charge in [0.15, 0.2) is 11.5 Å². The Morgan fingerprint density at radius 1 is 1.25 bits per heavy atom. The van der Waals surface area contributed by atoms with Gasteiger partial charge < -0.3 is 15.2 Å². The van der Waals surface area contributed by atoms with Crippen LogP contribution in [0.1, 0.15) is 51.0 Å². The third kappa shape index (κ3) is 4.14. The lowest BCUT2D eigenvalue weighted by atomic mass is 9.83. The zero-order valence-electron chi connectivity index (χ0n) is 12.7. The summed E-state index contributed by atoms with van der Waals surface area (Å²) in [6.45, 7) is 3.13. The molecular weight excluding hydrogens is 250 g/mol. The van der Waals surface area contributed by atoms with E-state index in [9.17, 15) is 5.11 Å². The highest BCUT2D eigenvalue weighted by atomic mass is 16.5. The van der Waals surface area contributed by atoms with Crippen molar-refractivity contribution in [3.8, 4) is 11.5 Å². The minimum absolute atomic E-state index is 0.205. The quantitative estimate of drug-likeness (QED) is 0.830. The van der Waals surface area contributed by atoms with E-state index < -0.39 is 0 Å². The van der Waals surface area contributed by atoms with Gasteiger partial charge in [-0.15, -0.1) is 0 Å². The molecule has 0 spiro atoms. The van der Waals surface area contributed by atoms with E-state index in [0.29, 0.717) is 11.8 Å². The first-order chi connectivity index (χ1) is 9.72. The van der Waals surface area contributed by atoms with E-state index in [4.69, 9.17) is 4.74 Å². The predicted octanol–water partition coefficient (Wildman–Crippen LogP) is 3.85. The summed E-state index contributed by atoms with van der Waals surface area (Å²) in [6, 6.07) is 6.20. The minimum Gasteiger partial charge on any atom is -0.504 e. The Hall–Kier alpha value is -1.22. The number of phenolic OH excluding ortho intramolecular Hbond substituents is 1. The molecule has 3 nitrogen and oxygen atoms in total. The first-order valence-electron chi connectivity index (χ1n) is 7.82. The fourth-order valence-corrected chi connectivity index (χ4v) is 3.16. The number of rotatable bonds is 6. The first kappa shape index (κ1) is 15.2. The van der Waals surface area contributed by atoms with Crippen molar-refractivity contribution in [1.82, 2.24) is 5.32 Å². The Balaban J connectivity index is 1.78. The van der Waals surface area contributed by atoms with E-state index in [-0.39, 0.29) is 5.75 Å². The molecule has 0 aromatic heterocycles. The molecule has 0 aliphatic heterocycles. The van der Waals surface area contributed by atoms with Gasteiger partial charge in [0.25, 0.3) is 0 Å². The van der Waals surface area contributed by atoms with Crippen molar-refractivity contribution in [1.29, 1.82) is 0 Å². The summed E-state index contributed by atoms with van der Waals surface area (Å²) in [5.41, 5.74) is 1.16. The molecule has 2 rings (SSSR count). The Labute approximate surface area is 122 Å². The van der Waals surface area contributed by atoms with Gasteiger partial charge in [0, 0.05) is 12.6 Å². The summed E-state index contributed by atoms with van der Waals surface area (Å²) in [5, 5.41) is 13.2. The summed E-state index contributed by atoms with van der Waals surface area (Å²) in [4.78, 5) is 0. The molecular formula is C17H27NO2. The molecule has 0 bridgehead atoms. The number of nitrogens with one attached hydrogen (secondary N) is 1. The molecule has 1 aromatic carbocycles. The van der Waals surface area contributed by atoms with Gasteiger partial charge in [0.2, 0.25) is 0 Å². The van der Waals surface area contributed by atoms with Crippen molar-refractivity contribution < 1.29 is 9.84 Å². The van der Waals surface area contributed by atoms with Crippen LogP contribution >= 0.6 is 0 Å². The maximum Gasteiger partial charge on any atom is 0.160 e. The molecule has 0 radical (unpaired) electrons. The largest absolute Gasteiger partial charge is 0.504 e. The van der Waals surface area contributed by atoms with Gasteiger partial charge in [0.05, 0.1) is 7.11 Å². The number of phenols is 1. The lowest BCUT2D eigenvalue weighted by molar-refractivity contribution is 0.277. The van der Waals surface area contributed by atoms with Crippen molar-refractivity contribution >= 4 is 0 Å². The molecule has 0 amide bonds. The zero-order valence-corrected chi connectivity index (χ0v) is 12.7. The molecule has 0 atom stereocenters. The average molecular weight is 277 g/mol. The molecule has 1 fully saturated rings. The fraction of sp³-hybridized carbons (Fsp3) is 0.647. The Bertz CT molecular complexity index is 411. The summed E-state index contributed by atoms with van der Waals surface area (Å²) < 4.78 is 5.14. The number of hydrogen-bond acceptors (Lipinski definition) is 3. The molecule has 112 valence electrons.